The minimum Gasteiger partial charge on any atom is -0.322 e. The number of aliphatic imine (C=N–C) groups is 1. The molecule has 3 nitrogen and oxygen atoms in total. The quantitative estimate of drug-likeness (QED) is 0.629. The summed E-state index contributed by atoms with van der Waals surface area (Å²) in [5, 5.41) is 2.91. The average Bonchev–Trinajstić information content (AvgIpc) is 2.88. The molecular weight excluding hydrogens is 284 g/mol. The van der Waals surface area contributed by atoms with Crippen molar-refractivity contribution in [3.8, 4) is 0 Å². The minimum absolute atomic E-state index is 0.101. The Morgan fingerprint density at radius 2 is 2.09 bits per heavy atom. The Kier molecular flexibility index (Phi) is 5.47. The molecule has 2 rings (SSSR count). The summed E-state index contributed by atoms with van der Waals surface area (Å²) in [6.45, 7) is 9.64. The van der Waals surface area contributed by atoms with Gasteiger partial charge in [-0.05, 0) is 31.9 Å². The first kappa shape index (κ1) is 16.7. The monoisotopic (exact) mass is 306 g/mol. The van der Waals surface area contributed by atoms with Gasteiger partial charge in [-0.2, -0.15) is 0 Å². The summed E-state index contributed by atoms with van der Waals surface area (Å²) in [6, 6.07) is 7.93. The first-order chi connectivity index (χ1) is 11.1. The average molecular weight is 306 g/mol. The fourth-order valence-corrected chi connectivity index (χ4v) is 2.51. The summed E-state index contributed by atoms with van der Waals surface area (Å²) in [5.41, 5.74) is 5.09. The molecule has 0 aromatic heterocycles. The summed E-state index contributed by atoms with van der Waals surface area (Å²) in [6.07, 6.45) is 8.01. The van der Waals surface area contributed by atoms with Gasteiger partial charge in [-0.3, -0.25) is 9.79 Å². The Hall–Kier alpha value is -2.68. The van der Waals surface area contributed by atoms with Crippen LogP contribution in [0.25, 0.3) is 0 Å². The van der Waals surface area contributed by atoms with Crippen LogP contribution in [0.2, 0.25) is 0 Å². The molecule has 1 aliphatic heterocycles. The van der Waals surface area contributed by atoms with E-state index in [4.69, 9.17) is 4.99 Å². The maximum atomic E-state index is 12.4. The number of para-hydroxylation sites is 1. The molecule has 3 heteroatoms. The van der Waals surface area contributed by atoms with Gasteiger partial charge in [0.15, 0.2) is 0 Å². The van der Waals surface area contributed by atoms with Crippen LogP contribution < -0.4 is 5.32 Å². The Bertz CT molecular complexity index is 749. The number of allylic oxidation sites excluding steroid dienone is 4. The third-order valence-corrected chi connectivity index (χ3v) is 3.72. The standard InChI is InChI=1S/C20H22N2O/c1-5-8-12-15-16(6-2)22-20(23)19(15)17(7-3)21-18-13-10-9-11-14(18)4/h5-6,8-13H,1,7H2,2-4H3,(H,22,23)/b12-8-,16-6+,21-17?. The molecule has 0 aliphatic carbocycles. The number of rotatable bonds is 5. The van der Waals surface area contributed by atoms with Gasteiger partial charge in [0.05, 0.1) is 17.0 Å². The lowest BCUT2D eigenvalue weighted by molar-refractivity contribution is -0.115. The molecular formula is C20H22N2O. The number of carbonyl (C=O) groups excluding carboxylic acids is 1. The Morgan fingerprint density at radius 3 is 2.70 bits per heavy atom. The first-order valence-electron chi connectivity index (χ1n) is 7.77. The molecule has 118 valence electrons. The van der Waals surface area contributed by atoms with Crippen LogP contribution in [0.3, 0.4) is 0 Å². The molecule has 0 unspecified atom stereocenters. The van der Waals surface area contributed by atoms with E-state index in [1.165, 1.54) is 0 Å². The van der Waals surface area contributed by atoms with Crippen molar-refractivity contribution in [1.82, 2.24) is 5.32 Å². The van der Waals surface area contributed by atoms with Gasteiger partial charge < -0.3 is 5.32 Å². The van der Waals surface area contributed by atoms with Crippen LogP contribution in [0.4, 0.5) is 5.69 Å². The Labute approximate surface area is 137 Å². The number of nitrogens with zero attached hydrogens (tertiary/aromatic N) is 1. The first-order valence-corrected chi connectivity index (χ1v) is 7.77. The number of nitrogens with one attached hydrogen (secondary N) is 1. The number of hydrogen-bond acceptors (Lipinski definition) is 2. The zero-order valence-electron chi connectivity index (χ0n) is 13.9. The van der Waals surface area contributed by atoms with E-state index in [0.29, 0.717) is 12.0 Å². The molecule has 0 saturated heterocycles. The number of carbonyl (C=O) groups is 1. The highest BCUT2D eigenvalue weighted by atomic mass is 16.2. The largest absolute Gasteiger partial charge is 0.322 e. The van der Waals surface area contributed by atoms with Gasteiger partial charge in [-0.25, -0.2) is 0 Å². The molecule has 0 bridgehead atoms. The minimum atomic E-state index is -0.101. The van der Waals surface area contributed by atoms with E-state index in [9.17, 15) is 4.79 Å². The van der Waals surface area contributed by atoms with E-state index in [2.05, 4.69) is 11.9 Å². The van der Waals surface area contributed by atoms with Gasteiger partial charge in [0.2, 0.25) is 0 Å². The predicted octanol–water partition coefficient (Wildman–Crippen LogP) is 4.55. The number of benzene rings is 1. The molecule has 1 aromatic rings. The molecule has 1 N–H and O–H groups in total. The Balaban J connectivity index is 2.61. The maximum absolute atomic E-state index is 12.4. The molecule has 0 radical (unpaired) electrons. The third kappa shape index (κ3) is 3.57. The van der Waals surface area contributed by atoms with Crippen molar-refractivity contribution in [1.29, 1.82) is 0 Å². The highest BCUT2D eigenvalue weighted by molar-refractivity contribution is 6.25. The number of hydrogen-bond donors (Lipinski definition) is 1. The second-order valence-electron chi connectivity index (χ2n) is 5.24. The molecule has 1 aromatic carbocycles. The normalized spacial score (nSPS) is 17.3. The number of aryl methyl sites for hydroxylation is 1. The Morgan fingerprint density at radius 1 is 1.35 bits per heavy atom. The number of amides is 1. The van der Waals surface area contributed by atoms with Gasteiger partial charge in [0.25, 0.3) is 5.91 Å². The smallest absolute Gasteiger partial charge is 0.258 e. The molecule has 1 aliphatic rings. The fourth-order valence-electron chi connectivity index (χ4n) is 2.51. The zero-order valence-corrected chi connectivity index (χ0v) is 13.9. The SMILES string of the molecule is C=C/C=C\C1=C(C(CC)=Nc2ccccc2C)C(=O)N/C1=C/C. The van der Waals surface area contributed by atoms with E-state index in [0.717, 1.165) is 28.2 Å². The van der Waals surface area contributed by atoms with Gasteiger partial charge >= 0.3 is 0 Å². The predicted molar refractivity (Wildman–Crippen MR) is 96.8 cm³/mol. The summed E-state index contributed by atoms with van der Waals surface area (Å²) >= 11 is 0. The van der Waals surface area contributed by atoms with Crippen molar-refractivity contribution in [3.05, 3.63) is 77.6 Å². The van der Waals surface area contributed by atoms with Crippen molar-refractivity contribution in [2.24, 2.45) is 4.99 Å². The molecule has 0 saturated carbocycles. The summed E-state index contributed by atoms with van der Waals surface area (Å²) in [5.74, 6) is -0.101. The van der Waals surface area contributed by atoms with Crippen LogP contribution in [-0.2, 0) is 4.79 Å². The van der Waals surface area contributed by atoms with E-state index < -0.39 is 0 Å². The van der Waals surface area contributed by atoms with Gasteiger partial charge in [0, 0.05) is 11.3 Å². The van der Waals surface area contributed by atoms with Crippen molar-refractivity contribution in [3.63, 3.8) is 0 Å². The fraction of sp³-hybridized carbons (Fsp3) is 0.200. The lowest BCUT2D eigenvalue weighted by atomic mass is 10.0. The summed E-state index contributed by atoms with van der Waals surface area (Å²) in [4.78, 5) is 17.2. The van der Waals surface area contributed by atoms with Crippen molar-refractivity contribution in [2.45, 2.75) is 27.2 Å². The second-order valence-corrected chi connectivity index (χ2v) is 5.24. The van der Waals surface area contributed by atoms with Crippen LogP contribution in [0.5, 0.6) is 0 Å². The highest BCUT2D eigenvalue weighted by Crippen LogP contribution is 2.27. The molecule has 1 amide bonds. The van der Waals surface area contributed by atoms with Gasteiger partial charge in [-0.15, -0.1) is 0 Å². The third-order valence-electron chi connectivity index (χ3n) is 3.72. The molecule has 23 heavy (non-hydrogen) atoms. The molecule has 1 heterocycles. The summed E-state index contributed by atoms with van der Waals surface area (Å²) in [7, 11) is 0. The lowest BCUT2D eigenvalue weighted by Gasteiger charge is -2.07. The van der Waals surface area contributed by atoms with Crippen LogP contribution >= 0.6 is 0 Å². The van der Waals surface area contributed by atoms with Gasteiger partial charge in [-0.1, -0.05) is 56.0 Å². The van der Waals surface area contributed by atoms with Crippen LogP contribution in [0.1, 0.15) is 25.8 Å². The van der Waals surface area contributed by atoms with E-state index >= 15 is 0 Å². The van der Waals surface area contributed by atoms with Gasteiger partial charge in [0.1, 0.15) is 0 Å². The van der Waals surface area contributed by atoms with Crippen molar-refractivity contribution < 1.29 is 4.79 Å². The topological polar surface area (TPSA) is 41.5 Å². The molecule has 0 spiro atoms. The van der Waals surface area contributed by atoms with Crippen LogP contribution in [0, 0.1) is 6.92 Å². The maximum Gasteiger partial charge on any atom is 0.258 e. The van der Waals surface area contributed by atoms with Crippen molar-refractivity contribution in [2.75, 3.05) is 0 Å². The zero-order chi connectivity index (χ0) is 16.8. The van der Waals surface area contributed by atoms with E-state index in [1.807, 2.05) is 63.3 Å². The molecule has 0 atom stereocenters. The highest BCUT2D eigenvalue weighted by Gasteiger charge is 2.28. The second kappa shape index (κ2) is 7.54. The van der Waals surface area contributed by atoms with Crippen molar-refractivity contribution >= 4 is 17.3 Å². The van der Waals surface area contributed by atoms with E-state index in [1.54, 1.807) is 6.08 Å². The van der Waals surface area contributed by atoms with Crippen LogP contribution in [-0.4, -0.2) is 11.6 Å². The van der Waals surface area contributed by atoms with E-state index in [-0.39, 0.29) is 5.91 Å². The van der Waals surface area contributed by atoms with Crippen LogP contribution in [0.15, 0.2) is 77.0 Å². The summed E-state index contributed by atoms with van der Waals surface area (Å²) < 4.78 is 0. The molecule has 0 fully saturated rings. The lowest BCUT2D eigenvalue weighted by Crippen LogP contribution is -2.20.